The quantitative estimate of drug-likeness (QED) is 0.762. The van der Waals surface area contributed by atoms with Gasteiger partial charge in [-0.3, -0.25) is 4.79 Å². The number of alkyl halides is 2. The lowest BCUT2D eigenvalue weighted by molar-refractivity contribution is -0.142. The van der Waals surface area contributed by atoms with Crippen molar-refractivity contribution in [3.05, 3.63) is 22.9 Å². The van der Waals surface area contributed by atoms with Crippen LogP contribution in [0.25, 0.3) is 0 Å². The minimum atomic E-state index is -2.69. The maximum Gasteiger partial charge on any atom is 0.311 e. The summed E-state index contributed by atoms with van der Waals surface area (Å²) in [5.74, 6) is -0.379. The van der Waals surface area contributed by atoms with E-state index in [9.17, 15) is 13.6 Å². The van der Waals surface area contributed by atoms with E-state index in [2.05, 4.69) is 4.98 Å². The molecule has 0 aromatic carbocycles. The summed E-state index contributed by atoms with van der Waals surface area (Å²) in [7, 11) is 1.39. The van der Waals surface area contributed by atoms with Gasteiger partial charge in [0.05, 0.1) is 25.8 Å². The van der Waals surface area contributed by atoms with Crippen LogP contribution in [0, 0.1) is 6.92 Å². The van der Waals surface area contributed by atoms with Gasteiger partial charge in [0.1, 0.15) is 0 Å². The van der Waals surface area contributed by atoms with Crippen LogP contribution in [0.4, 0.5) is 8.78 Å². The molecule has 18 heavy (non-hydrogen) atoms. The molecule has 100 valence electrons. The number of ether oxygens (including phenoxy) is 2. The lowest BCUT2D eigenvalue weighted by Gasteiger charge is -2.12. The van der Waals surface area contributed by atoms with Gasteiger partial charge in [-0.2, -0.15) is 0 Å². The van der Waals surface area contributed by atoms with Gasteiger partial charge in [-0.25, -0.2) is 13.8 Å². The minimum Gasteiger partial charge on any atom is -0.481 e. The Labute approximate surface area is 104 Å². The van der Waals surface area contributed by atoms with Crippen molar-refractivity contribution < 1.29 is 23.0 Å². The molecule has 0 amide bonds. The number of carbonyl (C=O) groups is 1. The largest absolute Gasteiger partial charge is 0.481 e. The van der Waals surface area contributed by atoms with E-state index >= 15 is 0 Å². The van der Waals surface area contributed by atoms with Crippen molar-refractivity contribution in [2.75, 3.05) is 13.7 Å². The van der Waals surface area contributed by atoms with E-state index in [0.717, 1.165) is 0 Å². The van der Waals surface area contributed by atoms with Crippen LogP contribution in [0.1, 0.15) is 30.2 Å². The molecular weight excluding hydrogens is 244 g/mol. The Kier molecular flexibility index (Phi) is 5.00. The third kappa shape index (κ3) is 3.38. The number of aryl methyl sites for hydroxylation is 1. The van der Waals surface area contributed by atoms with Gasteiger partial charge >= 0.3 is 5.97 Å². The second kappa shape index (κ2) is 6.28. The Morgan fingerprint density at radius 2 is 2.17 bits per heavy atom. The minimum absolute atomic E-state index is 0.000278. The Hall–Kier alpha value is -1.72. The lowest BCUT2D eigenvalue weighted by atomic mass is 10.1. The monoisotopic (exact) mass is 259 g/mol. The second-order valence-corrected chi connectivity index (χ2v) is 3.62. The first-order chi connectivity index (χ1) is 8.49. The fourth-order valence-electron chi connectivity index (χ4n) is 1.60. The van der Waals surface area contributed by atoms with Crippen LogP contribution >= 0.6 is 0 Å². The first kappa shape index (κ1) is 14.3. The number of hydrogen-bond donors (Lipinski definition) is 0. The van der Waals surface area contributed by atoms with Crippen molar-refractivity contribution in [3.63, 3.8) is 0 Å². The highest BCUT2D eigenvalue weighted by Crippen LogP contribution is 2.28. The Morgan fingerprint density at radius 1 is 1.50 bits per heavy atom. The molecule has 1 aromatic rings. The molecule has 0 fully saturated rings. The predicted octanol–water partition coefficient (Wildman–Crippen LogP) is 2.44. The van der Waals surface area contributed by atoms with Crippen molar-refractivity contribution in [1.29, 1.82) is 0 Å². The summed E-state index contributed by atoms with van der Waals surface area (Å²) in [6.45, 7) is 3.38. The maximum atomic E-state index is 12.9. The maximum absolute atomic E-state index is 12.9. The molecule has 0 aliphatic rings. The molecule has 1 aromatic heterocycles. The first-order valence-electron chi connectivity index (χ1n) is 5.47. The van der Waals surface area contributed by atoms with Gasteiger partial charge in [0.15, 0.2) is 0 Å². The van der Waals surface area contributed by atoms with Gasteiger partial charge < -0.3 is 9.47 Å². The summed E-state index contributed by atoms with van der Waals surface area (Å²) in [6, 6.07) is 1.41. The molecule has 6 heteroatoms. The number of methoxy groups -OCH3 is 1. The Balaban J connectivity index is 3.13. The van der Waals surface area contributed by atoms with Gasteiger partial charge in [-0.1, -0.05) is 0 Å². The third-order valence-corrected chi connectivity index (χ3v) is 2.37. The topological polar surface area (TPSA) is 48.4 Å². The second-order valence-electron chi connectivity index (χ2n) is 3.62. The van der Waals surface area contributed by atoms with E-state index < -0.39 is 12.4 Å². The van der Waals surface area contributed by atoms with Crippen LogP contribution in [0.5, 0.6) is 5.88 Å². The SMILES string of the molecule is CCOC(=O)Cc1nc(OC)cc(C)c1C(F)F. The molecule has 0 atom stereocenters. The summed E-state index contributed by atoms with van der Waals surface area (Å²) >= 11 is 0. The summed E-state index contributed by atoms with van der Waals surface area (Å²) in [6.07, 6.45) is -2.97. The average molecular weight is 259 g/mol. The summed E-state index contributed by atoms with van der Waals surface area (Å²) in [5, 5.41) is 0. The molecule has 0 saturated heterocycles. The fraction of sp³-hybridized carbons (Fsp3) is 0.500. The van der Waals surface area contributed by atoms with Crippen molar-refractivity contribution >= 4 is 5.97 Å². The highest BCUT2D eigenvalue weighted by Gasteiger charge is 2.21. The number of aromatic nitrogens is 1. The summed E-state index contributed by atoms with van der Waals surface area (Å²) in [5.41, 5.74) is 0.111. The molecule has 0 aliphatic carbocycles. The number of hydrogen-bond acceptors (Lipinski definition) is 4. The van der Waals surface area contributed by atoms with E-state index in [1.807, 2.05) is 0 Å². The third-order valence-electron chi connectivity index (χ3n) is 2.37. The van der Waals surface area contributed by atoms with Crippen LogP contribution in [-0.2, 0) is 16.0 Å². The average Bonchev–Trinajstić information content (AvgIpc) is 2.27. The van der Waals surface area contributed by atoms with Crippen LogP contribution in [0.15, 0.2) is 6.07 Å². The molecule has 0 N–H and O–H groups in total. The Bertz CT molecular complexity index is 436. The van der Waals surface area contributed by atoms with Crippen LogP contribution < -0.4 is 4.74 Å². The van der Waals surface area contributed by atoms with Crippen LogP contribution in [0.3, 0.4) is 0 Å². The number of esters is 1. The molecule has 0 unspecified atom stereocenters. The number of nitrogens with zero attached hydrogens (tertiary/aromatic N) is 1. The van der Waals surface area contributed by atoms with Gasteiger partial charge in [0.25, 0.3) is 6.43 Å². The van der Waals surface area contributed by atoms with Crippen molar-refractivity contribution in [1.82, 2.24) is 4.98 Å². The molecular formula is C12H15F2NO3. The van der Waals surface area contributed by atoms with E-state index in [4.69, 9.17) is 9.47 Å². The molecule has 0 saturated carbocycles. The van der Waals surface area contributed by atoms with Crippen LogP contribution in [-0.4, -0.2) is 24.7 Å². The summed E-state index contributed by atoms with van der Waals surface area (Å²) in [4.78, 5) is 15.2. The number of halogens is 2. The van der Waals surface area contributed by atoms with E-state index in [1.54, 1.807) is 6.92 Å². The molecule has 0 aliphatic heterocycles. The first-order valence-corrected chi connectivity index (χ1v) is 5.47. The van der Waals surface area contributed by atoms with Crippen molar-refractivity contribution in [2.24, 2.45) is 0 Å². The highest BCUT2D eigenvalue weighted by atomic mass is 19.3. The van der Waals surface area contributed by atoms with Gasteiger partial charge in [0, 0.05) is 11.6 Å². The Morgan fingerprint density at radius 3 is 2.67 bits per heavy atom. The van der Waals surface area contributed by atoms with Crippen molar-refractivity contribution in [3.8, 4) is 5.88 Å². The van der Waals surface area contributed by atoms with E-state index in [1.165, 1.54) is 20.1 Å². The van der Waals surface area contributed by atoms with Crippen LogP contribution in [0.2, 0.25) is 0 Å². The standard InChI is InChI=1S/C12H15F2NO3/c1-4-18-10(16)6-8-11(12(13)14)7(2)5-9(15-8)17-3/h5,12H,4,6H2,1-3H3. The smallest absolute Gasteiger partial charge is 0.311 e. The highest BCUT2D eigenvalue weighted by molar-refractivity contribution is 5.72. The van der Waals surface area contributed by atoms with Crippen molar-refractivity contribution in [2.45, 2.75) is 26.7 Å². The number of carbonyl (C=O) groups excluding carboxylic acids is 1. The molecule has 1 rings (SSSR count). The molecule has 4 nitrogen and oxygen atoms in total. The zero-order valence-electron chi connectivity index (χ0n) is 10.5. The molecule has 1 heterocycles. The molecule has 0 radical (unpaired) electrons. The van der Waals surface area contributed by atoms with E-state index in [0.29, 0.717) is 5.56 Å². The summed E-state index contributed by atoms with van der Waals surface area (Å²) < 4.78 is 35.5. The van der Waals surface area contributed by atoms with Gasteiger partial charge in [0.2, 0.25) is 5.88 Å². The lowest BCUT2D eigenvalue weighted by Crippen LogP contribution is -2.12. The molecule has 0 spiro atoms. The van der Waals surface area contributed by atoms with E-state index in [-0.39, 0.29) is 30.2 Å². The normalized spacial score (nSPS) is 10.6. The predicted molar refractivity (Wildman–Crippen MR) is 60.8 cm³/mol. The zero-order valence-corrected chi connectivity index (χ0v) is 10.5. The zero-order chi connectivity index (χ0) is 13.7. The van der Waals surface area contributed by atoms with Gasteiger partial charge in [-0.05, 0) is 19.4 Å². The fourth-order valence-corrected chi connectivity index (χ4v) is 1.60. The number of pyridine rings is 1. The number of rotatable bonds is 5. The van der Waals surface area contributed by atoms with Gasteiger partial charge in [-0.15, -0.1) is 0 Å². The molecule has 0 bridgehead atoms.